The fraction of sp³-hybridized carbons (Fsp3) is 0.250. The molecule has 0 fully saturated rings. The van der Waals surface area contributed by atoms with Crippen LogP contribution in [0.4, 0.5) is 0 Å². The summed E-state index contributed by atoms with van der Waals surface area (Å²) in [5, 5.41) is 12.6. The second kappa shape index (κ2) is 9.38. The van der Waals surface area contributed by atoms with Gasteiger partial charge in [-0.3, -0.25) is 4.79 Å². The van der Waals surface area contributed by atoms with Crippen LogP contribution in [0.2, 0.25) is 0 Å². The molecular weight excluding hydrogens is 348 g/mol. The van der Waals surface area contributed by atoms with Crippen LogP contribution in [0, 0.1) is 13.8 Å². The quantitative estimate of drug-likeness (QED) is 0.550. The molecule has 0 aliphatic rings. The van der Waals surface area contributed by atoms with Crippen molar-refractivity contribution in [2.75, 3.05) is 13.7 Å². The highest BCUT2D eigenvalue weighted by Crippen LogP contribution is 2.27. The van der Waals surface area contributed by atoms with E-state index in [-0.39, 0.29) is 12.3 Å². The topological polar surface area (TPSA) is 97.2 Å². The molecule has 27 heavy (non-hydrogen) atoms. The predicted molar refractivity (Wildman–Crippen MR) is 101 cm³/mol. The highest BCUT2D eigenvalue weighted by molar-refractivity contribution is 5.84. The van der Waals surface area contributed by atoms with Crippen LogP contribution >= 0.6 is 0 Å². The lowest BCUT2D eigenvalue weighted by Crippen LogP contribution is -2.20. The average Bonchev–Trinajstić information content (AvgIpc) is 2.62. The van der Waals surface area contributed by atoms with E-state index in [1.54, 1.807) is 18.2 Å². The van der Waals surface area contributed by atoms with Gasteiger partial charge in [-0.25, -0.2) is 10.2 Å². The van der Waals surface area contributed by atoms with E-state index in [1.165, 1.54) is 13.3 Å². The Hall–Kier alpha value is -3.35. The molecule has 0 heterocycles. The first-order valence-electron chi connectivity index (χ1n) is 8.29. The van der Waals surface area contributed by atoms with Crippen molar-refractivity contribution in [1.29, 1.82) is 0 Å². The maximum atomic E-state index is 12.0. The van der Waals surface area contributed by atoms with Crippen LogP contribution in [-0.2, 0) is 16.0 Å². The minimum atomic E-state index is -1.07. The maximum Gasteiger partial charge on any atom is 0.341 e. The number of carboxylic acid groups (broad SMARTS) is 1. The lowest BCUT2D eigenvalue weighted by molar-refractivity contribution is -0.139. The van der Waals surface area contributed by atoms with Crippen molar-refractivity contribution in [3.63, 3.8) is 0 Å². The second-order valence-corrected chi connectivity index (χ2v) is 5.99. The number of methoxy groups -OCH3 is 1. The zero-order valence-corrected chi connectivity index (χ0v) is 15.5. The molecule has 2 aromatic carbocycles. The van der Waals surface area contributed by atoms with Crippen molar-refractivity contribution in [3.05, 3.63) is 58.7 Å². The summed E-state index contributed by atoms with van der Waals surface area (Å²) in [6.45, 7) is 3.52. The van der Waals surface area contributed by atoms with E-state index in [9.17, 15) is 9.59 Å². The summed E-state index contributed by atoms with van der Waals surface area (Å²) < 4.78 is 10.3. The molecule has 0 atom stereocenters. The van der Waals surface area contributed by atoms with Crippen molar-refractivity contribution < 1.29 is 24.2 Å². The Labute approximate surface area is 157 Å². The number of aryl methyl sites for hydroxylation is 2. The van der Waals surface area contributed by atoms with Crippen LogP contribution < -0.4 is 14.9 Å². The zero-order valence-electron chi connectivity index (χ0n) is 15.5. The Morgan fingerprint density at radius 3 is 2.59 bits per heavy atom. The number of carbonyl (C=O) groups is 2. The van der Waals surface area contributed by atoms with Crippen molar-refractivity contribution >= 4 is 18.1 Å². The van der Waals surface area contributed by atoms with Crippen molar-refractivity contribution in [2.24, 2.45) is 5.10 Å². The fourth-order valence-electron chi connectivity index (χ4n) is 2.46. The predicted octanol–water partition coefficient (Wildman–Crippen LogP) is 2.47. The largest absolute Gasteiger partial charge is 0.493 e. The minimum absolute atomic E-state index is 0.216. The van der Waals surface area contributed by atoms with Crippen LogP contribution in [0.1, 0.15) is 22.3 Å². The molecule has 2 rings (SSSR count). The first-order valence-corrected chi connectivity index (χ1v) is 8.29. The number of hydrogen-bond donors (Lipinski definition) is 2. The number of ether oxygens (including phenoxy) is 2. The number of amides is 1. The molecule has 0 bridgehead atoms. The molecule has 0 aliphatic heterocycles. The first kappa shape index (κ1) is 20.0. The number of hydrazone groups is 1. The molecule has 0 unspecified atom stereocenters. The SMILES string of the molecule is COc1cc(/C=N\NC(=O)Cc2ccc(C)cc2C)ccc1OCC(=O)O. The molecule has 7 nitrogen and oxygen atoms in total. The number of rotatable bonds is 8. The number of nitrogens with one attached hydrogen (secondary N) is 1. The first-order chi connectivity index (χ1) is 12.9. The third-order valence-corrected chi connectivity index (χ3v) is 3.79. The molecule has 142 valence electrons. The van der Waals surface area contributed by atoms with Gasteiger partial charge >= 0.3 is 5.97 Å². The second-order valence-electron chi connectivity index (χ2n) is 5.99. The molecular formula is C20H22N2O5. The van der Waals surface area contributed by atoms with E-state index >= 15 is 0 Å². The molecule has 0 radical (unpaired) electrons. The van der Waals surface area contributed by atoms with E-state index in [1.807, 2.05) is 32.0 Å². The van der Waals surface area contributed by atoms with Gasteiger partial charge in [-0.15, -0.1) is 0 Å². The van der Waals surface area contributed by atoms with E-state index in [0.29, 0.717) is 17.1 Å². The maximum absolute atomic E-state index is 12.0. The van der Waals surface area contributed by atoms with Gasteiger partial charge < -0.3 is 14.6 Å². The van der Waals surface area contributed by atoms with Gasteiger partial charge in [0.05, 0.1) is 19.7 Å². The molecule has 0 aromatic heterocycles. The van der Waals surface area contributed by atoms with Crippen molar-refractivity contribution in [3.8, 4) is 11.5 Å². The van der Waals surface area contributed by atoms with Crippen LogP contribution in [0.25, 0.3) is 0 Å². The molecule has 2 aromatic rings. The van der Waals surface area contributed by atoms with Crippen LogP contribution in [-0.4, -0.2) is 36.9 Å². The monoisotopic (exact) mass is 370 g/mol. The highest BCUT2D eigenvalue weighted by atomic mass is 16.5. The van der Waals surface area contributed by atoms with Gasteiger partial charge in [0.15, 0.2) is 18.1 Å². The Morgan fingerprint density at radius 2 is 1.93 bits per heavy atom. The lowest BCUT2D eigenvalue weighted by atomic mass is 10.0. The smallest absolute Gasteiger partial charge is 0.341 e. The van der Waals surface area contributed by atoms with Crippen molar-refractivity contribution in [2.45, 2.75) is 20.3 Å². The fourth-order valence-corrected chi connectivity index (χ4v) is 2.46. The van der Waals surface area contributed by atoms with E-state index in [4.69, 9.17) is 14.6 Å². The summed E-state index contributed by atoms with van der Waals surface area (Å²) in [6.07, 6.45) is 1.72. The van der Waals surface area contributed by atoms with Gasteiger partial charge in [0.25, 0.3) is 0 Å². The molecule has 1 amide bonds. The van der Waals surface area contributed by atoms with Crippen LogP contribution in [0.15, 0.2) is 41.5 Å². The Kier molecular flexibility index (Phi) is 6.93. The highest BCUT2D eigenvalue weighted by Gasteiger charge is 2.08. The van der Waals surface area contributed by atoms with Crippen molar-refractivity contribution in [1.82, 2.24) is 5.43 Å². The Morgan fingerprint density at radius 1 is 1.15 bits per heavy atom. The van der Waals surface area contributed by atoms with Crippen LogP contribution in [0.3, 0.4) is 0 Å². The molecule has 2 N–H and O–H groups in total. The van der Waals surface area contributed by atoms with E-state index in [2.05, 4.69) is 10.5 Å². The standard InChI is InChI=1S/C20H22N2O5/c1-13-4-6-16(14(2)8-13)10-19(23)22-21-11-15-5-7-17(18(9-15)26-3)27-12-20(24)25/h4-9,11H,10,12H2,1-3H3,(H,22,23)(H,24,25)/b21-11-. The summed E-state index contributed by atoms with van der Waals surface area (Å²) in [6, 6.07) is 10.8. The van der Waals surface area contributed by atoms with E-state index in [0.717, 1.165) is 16.7 Å². The van der Waals surface area contributed by atoms with Gasteiger partial charge in [-0.2, -0.15) is 5.10 Å². The number of benzene rings is 2. The third kappa shape index (κ3) is 6.14. The van der Waals surface area contributed by atoms with Gasteiger partial charge in [-0.1, -0.05) is 23.8 Å². The lowest BCUT2D eigenvalue weighted by Gasteiger charge is -2.09. The molecule has 7 heteroatoms. The van der Waals surface area contributed by atoms with Gasteiger partial charge in [0.2, 0.25) is 5.91 Å². The summed E-state index contributed by atoms with van der Waals surface area (Å²) in [5.74, 6) is -0.599. The summed E-state index contributed by atoms with van der Waals surface area (Å²) in [7, 11) is 1.45. The zero-order chi connectivity index (χ0) is 19.8. The summed E-state index contributed by atoms with van der Waals surface area (Å²) in [4.78, 5) is 22.6. The average molecular weight is 370 g/mol. The van der Waals surface area contributed by atoms with Gasteiger partial charge in [0.1, 0.15) is 0 Å². The number of hydrogen-bond acceptors (Lipinski definition) is 5. The summed E-state index contributed by atoms with van der Waals surface area (Å²) >= 11 is 0. The number of aliphatic carboxylic acids is 1. The summed E-state index contributed by atoms with van der Waals surface area (Å²) in [5.41, 5.74) is 6.33. The van der Waals surface area contributed by atoms with Gasteiger partial charge in [-0.05, 0) is 48.7 Å². The number of nitrogens with zero attached hydrogens (tertiary/aromatic N) is 1. The molecule has 0 spiro atoms. The Balaban J connectivity index is 1.96. The van der Waals surface area contributed by atoms with Gasteiger partial charge in [0, 0.05) is 0 Å². The normalized spacial score (nSPS) is 10.6. The minimum Gasteiger partial charge on any atom is -0.493 e. The molecule has 0 aliphatic carbocycles. The Bertz CT molecular complexity index is 861. The molecule has 0 saturated carbocycles. The van der Waals surface area contributed by atoms with Crippen LogP contribution in [0.5, 0.6) is 11.5 Å². The molecule has 0 saturated heterocycles. The van der Waals surface area contributed by atoms with E-state index < -0.39 is 12.6 Å². The number of carboxylic acids is 1. The third-order valence-electron chi connectivity index (χ3n) is 3.79. The number of carbonyl (C=O) groups excluding carboxylic acids is 1.